The standard InChI is InChI=1S/C3H9N4OP/c4-1-2-9(8)7-3(5)6/h1-2,4H2,(H3,5,6). The SMILES string of the molecule is N=C(N)N=[P+]([O-])CCN. The lowest BCUT2D eigenvalue weighted by Crippen LogP contribution is -2.09. The molecule has 0 spiro atoms. The Bertz CT molecular complexity index is 134. The summed E-state index contributed by atoms with van der Waals surface area (Å²) >= 11 is 0. The molecule has 0 bridgehead atoms. The third-order valence-corrected chi connectivity index (χ3v) is 1.62. The second kappa shape index (κ2) is 4.38. The van der Waals surface area contributed by atoms with Gasteiger partial charge in [-0.25, -0.2) is 0 Å². The van der Waals surface area contributed by atoms with E-state index in [1.54, 1.807) is 0 Å². The fourth-order valence-electron chi connectivity index (χ4n) is 0.281. The first-order valence-electron chi connectivity index (χ1n) is 2.37. The Morgan fingerprint density at radius 3 is 2.67 bits per heavy atom. The van der Waals surface area contributed by atoms with Gasteiger partial charge in [0.1, 0.15) is 6.16 Å². The molecule has 1 atom stereocenters. The van der Waals surface area contributed by atoms with Gasteiger partial charge in [0.15, 0.2) is 7.94 Å². The maximum absolute atomic E-state index is 10.5. The van der Waals surface area contributed by atoms with Crippen LogP contribution in [0.15, 0.2) is 4.74 Å². The molecular formula is C3H9N4OP. The van der Waals surface area contributed by atoms with E-state index in [9.17, 15) is 4.89 Å². The molecule has 0 aliphatic rings. The summed E-state index contributed by atoms with van der Waals surface area (Å²) in [5.74, 6) is -0.399. The van der Waals surface area contributed by atoms with E-state index in [1.165, 1.54) is 0 Å². The summed E-state index contributed by atoms with van der Waals surface area (Å²) in [6.07, 6.45) is 0.301. The lowest BCUT2D eigenvalue weighted by Gasteiger charge is -1.89. The predicted octanol–water partition coefficient (Wildman–Crippen LogP) is -1.22. The molecule has 5 N–H and O–H groups in total. The van der Waals surface area contributed by atoms with Gasteiger partial charge in [-0.15, -0.1) is 0 Å². The van der Waals surface area contributed by atoms with Crippen LogP contribution in [-0.2, 0) is 0 Å². The van der Waals surface area contributed by atoms with Crippen molar-refractivity contribution in [2.75, 3.05) is 12.7 Å². The number of hydrogen-bond donors (Lipinski definition) is 3. The van der Waals surface area contributed by atoms with Crippen molar-refractivity contribution in [3.8, 4) is 0 Å². The largest absolute Gasteiger partial charge is 0.612 e. The van der Waals surface area contributed by atoms with Crippen LogP contribution in [-0.4, -0.2) is 18.7 Å². The highest BCUT2D eigenvalue weighted by molar-refractivity contribution is 7.39. The van der Waals surface area contributed by atoms with Crippen molar-refractivity contribution in [1.29, 1.82) is 5.41 Å². The normalized spacial score (nSPS) is 11.6. The second-order valence-corrected chi connectivity index (χ2v) is 2.70. The Hall–Kier alpha value is -0.510. The van der Waals surface area contributed by atoms with Crippen molar-refractivity contribution in [2.24, 2.45) is 16.2 Å². The number of rotatable bonds is 2. The van der Waals surface area contributed by atoms with Gasteiger partial charge in [0.25, 0.3) is 5.96 Å². The van der Waals surface area contributed by atoms with Crippen LogP contribution in [0.4, 0.5) is 0 Å². The summed E-state index contributed by atoms with van der Waals surface area (Å²) < 4.78 is 3.26. The van der Waals surface area contributed by atoms with E-state index in [-0.39, 0.29) is 0 Å². The minimum Gasteiger partial charge on any atom is -0.612 e. The lowest BCUT2D eigenvalue weighted by molar-refractivity contribution is -0.155. The quantitative estimate of drug-likeness (QED) is 0.259. The third kappa shape index (κ3) is 5.36. The van der Waals surface area contributed by atoms with E-state index in [0.717, 1.165) is 0 Å². The molecule has 0 aromatic heterocycles. The van der Waals surface area contributed by atoms with Crippen LogP contribution >= 0.6 is 7.94 Å². The molecule has 52 valence electrons. The highest BCUT2D eigenvalue weighted by Crippen LogP contribution is 2.10. The molecule has 0 rings (SSSR count). The highest BCUT2D eigenvalue weighted by Gasteiger charge is 1.95. The molecule has 0 fully saturated rings. The minimum atomic E-state index is -1.72. The predicted molar refractivity (Wildman–Crippen MR) is 35.2 cm³/mol. The zero-order valence-corrected chi connectivity index (χ0v) is 5.77. The van der Waals surface area contributed by atoms with Crippen molar-refractivity contribution in [2.45, 2.75) is 0 Å². The summed E-state index contributed by atoms with van der Waals surface area (Å²) in [6.45, 7) is 0.311. The summed E-state index contributed by atoms with van der Waals surface area (Å²) in [7, 11) is -1.72. The first-order chi connectivity index (χ1) is 4.16. The molecule has 0 radical (unpaired) electrons. The molecule has 1 unspecified atom stereocenters. The Balaban J connectivity index is 3.69. The van der Waals surface area contributed by atoms with E-state index in [4.69, 9.17) is 16.9 Å². The summed E-state index contributed by atoms with van der Waals surface area (Å²) in [5, 5.41) is 6.59. The molecule has 6 heteroatoms. The molecule has 9 heavy (non-hydrogen) atoms. The van der Waals surface area contributed by atoms with E-state index in [2.05, 4.69) is 4.74 Å². The first-order valence-corrected chi connectivity index (χ1v) is 3.77. The Kier molecular flexibility index (Phi) is 4.13. The van der Waals surface area contributed by atoms with Crippen molar-refractivity contribution in [3.63, 3.8) is 0 Å². The molecular weight excluding hydrogens is 139 g/mol. The van der Waals surface area contributed by atoms with Crippen LogP contribution in [0.2, 0.25) is 0 Å². The van der Waals surface area contributed by atoms with Crippen molar-refractivity contribution in [3.05, 3.63) is 0 Å². The Morgan fingerprint density at radius 2 is 2.33 bits per heavy atom. The number of hydrogen-bond acceptors (Lipinski definition) is 3. The number of nitrogens with one attached hydrogen (secondary N) is 1. The average Bonchev–Trinajstić information content (AvgIpc) is 1.63. The molecule has 0 aliphatic carbocycles. The van der Waals surface area contributed by atoms with E-state index >= 15 is 0 Å². The van der Waals surface area contributed by atoms with Crippen LogP contribution in [0.3, 0.4) is 0 Å². The van der Waals surface area contributed by atoms with Crippen LogP contribution in [0.1, 0.15) is 0 Å². The topological polar surface area (TPSA) is 111 Å². The van der Waals surface area contributed by atoms with Gasteiger partial charge in [-0.2, -0.15) is 0 Å². The first kappa shape index (κ1) is 8.49. The monoisotopic (exact) mass is 148 g/mol. The van der Waals surface area contributed by atoms with E-state index < -0.39 is 13.9 Å². The van der Waals surface area contributed by atoms with Gasteiger partial charge in [0.05, 0.1) is 0 Å². The molecule has 5 nitrogen and oxygen atoms in total. The van der Waals surface area contributed by atoms with Crippen LogP contribution in [0, 0.1) is 5.41 Å². The number of nitrogens with zero attached hydrogens (tertiary/aromatic N) is 1. The Morgan fingerprint density at radius 1 is 1.78 bits per heavy atom. The fourth-order valence-corrected chi connectivity index (χ4v) is 0.842. The Labute approximate surface area is 54.1 Å². The molecule has 0 aromatic carbocycles. The summed E-state index contributed by atoms with van der Waals surface area (Å²) in [5.41, 5.74) is 9.87. The fraction of sp³-hybridized carbons (Fsp3) is 0.667. The van der Waals surface area contributed by atoms with Crippen LogP contribution < -0.4 is 16.4 Å². The van der Waals surface area contributed by atoms with Gasteiger partial charge in [-0.3, -0.25) is 5.41 Å². The van der Waals surface area contributed by atoms with Gasteiger partial charge in [-0.1, -0.05) is 0 Å². The van der Waals surface area contributed by atoms with Gasteiger partial charge in [0, 0.05) is 6.54 Å². The maximum atomic E-state index is 10.5. The molecule has 0 saturated heterocycles. The van der Waals surface area contributed by atoms with E-state index in [0.29, 0.717) is 12.7 Å². The van der Waals surface area contributed by atoms with Gasteiger partial charge < -0.3 is 16.4 Å². The summed E-state index contributed by atoms with van der Waals surface area (Å²) in [4.78, 5) is 10.5. The zero-order chi connectivity index (χ0) is 7.28. The third-order valence-electron chi connectivity index (χ3n) is 0.540. The number of nitrogens with two attached hydrogens (primary N) is 2. The van der Waals surface area contributed by atoms with Gasteiger partial charge in [0.2, 0.25) is 0 Å². The maximum Gasteiger partial charge on any atom is 0.255 e. The summed E-state index contributed by atoms with van der Waals surface area (Å²) in [6, 6.07) is 0. The second-order valence-electron chi connectivity index (χ2n) is 1.35. The molecule has 0 aromatic rings. The van der Waals surface area contributed by atoms with Crippen LogP contribution in [0.5, 0.6) is 0 Å². The van der Waals surface area contributed by atoms with Crippen molar-refractivity contribution < 1.29 is 4.89 Å². The molecule has 0 aliphatic heterocycles. The number of guanidine groups is 1. The average molecular weight is 148 g/mol. The highest BCUT2D eigenvalue weighted by atomic mass is 31.1. The van der Waals surface area contributed by atoms with Gasteiger partial charge >= 0.3 is 0 Å². The molecule has 0 heterocycles. The van der Waals surface area contributed by atoms with Crippen molar-refractivity contribution in [1.82, 2.24) is 0 Å². The van der Waals surface area contributed by atoms with Crippen LogP contribution in [0.25, 0.3) is 0 Å². The van der Waals surface area contributed by atoms with E-state index in [1.807, 2.05) is 0 Å². The zero-order valence-electron chi connectivity index (χ0n) is 4.87. The molecule has 0 saturated carbocycles. The smallest absolute Gasteiger partial charge is 0.255 e. The lowest BCUT2D eigenvalue weighted by atomic mass is 10.8. The minimum absolute atomic E-state index is 0.301. The molecule has 0 amide bonds. The van der Waals surface area contributed by atoms with Gasteiger partial charge in [-0.05, 0) is 4.74 Å². The van der Waals surface area contributed by atoms with Crippen molar-refractivity contribution >= 4 is 13.9 Å².